The molecule has 272 valence electrons. The number of benzene rings is 1. The van der Waals surface area contributed by atoms with E-state index in [0.29, 0.717) is 66.1 Å². The first-order valence-corrected chi connectivity index (χ1v) is 18.5. The zero-order chi connectivity index (χ0) is 34.9. The van der Waals surface area contributed by atoms with Gasteiger partial charge < -0.3 is 20.8 Å². The highest BCUT2D eigenvalue weighted by Crippen LogP contribution is 2.68. The van der Waals surface area contributed by atoms with E-state index in [-0.39, 0.29) is 52.8 Å². The number of aliphatic hydroxyl groups excluding tert-OH is 2. The molecule has 2 aromatic rings. The average molecular weight is 686 g/mol. The van der Waals surface area contributed by atoms with E-state index in [0.717, 1.165) is 64.2 Å². The largest absolute Gasteiger partial charge is 0.393 e. The summed E-state index contributed by atoms with van der Waals surface area (Å²) < 4.78 is 4.72. The van der Waals surface area contributed by atoms with Gasteiger partial charge in [-0.15, -0.1) is 0 Å². The standard InChI is InChI=1S/C36H55N5O8/c1-21(25-8-9-26-32-27(14-16-36(25,26)3)35(2)15-13-24(42)18-22(35)19-30(32)43)7-12-31(44)38-23(20-48-47)6-4-5-17-37-28-10-11-29(41(45)46)34-33(28)39-49-40-34/h10-11,21-27,30,32,37,42-43,47H,4-9,12-20H2,1-3H3,(H,38,44)/t21?,22?,23?,24-,25-,26+,27+,30-,32+,35+,36-/m1/s1. The number of nitrogens with one attached hydrogen (secondary N) is 2. The van der Waals surface area contributed by atoms with Crippen LogP contribution in [0, 0.1) is 56.5 Å². The van der Waals surface area contributed by atoms with Crippen LogP contribution >= 0.6 is 0 Å². The minimum absolute atomic E-state index is 0.00824. The molecular weight excluding hydrogens is 630 g/mol. The molecule has 4 aliphatic carbocycles. The van der Waals surface area contributed by atoms with Crippen molar-refractivity contribution < 1.29 is 34.7 Å². The summed E-state index contributed by atoms with van der Waals surface area (Å²) in [5.41, 5.74) is 1.21. The first kappa shape index (κ1) is 35.9. The van der Waals surface area contributed by atoms with Crippen LogP contribution in [-0.2, 0) is 9.68 Å². The van der Waals surface area contributed by atoms with Gasteiger partial charge in [0, 0.05) is 19.0 Å². The zero-order valence-corrected chi connectivity index (χ0v) is 29.2. The highest BCUT2D eigenvalue weighted by Gasteiger charge is 2.62. The Kier molecular flexibility index (Phi) is 10.8. The number of unbranched alkanes of at least 4 members (excludes halogenated alkanes) is 1. The number of aromatic nitrogens is 2. The van der Waals surface area contributed by atoms with Crippen LogP contribution in [0.15, 0.2) is 16.8 Å². The summed E-state index contributed by atoms with van der Waals surface area (Å²) in [6.45, 7) is 7.79. The van der Waals surface area contributed by atoms with Crippen LogP contribution in [-0.4, -0.2) is 68.0 Å². The summed E-state index contributed by atoms with van der Waals surface area (Å²) in [5, 5.41) is 56.1. The highest BCUT2D eigenvalue weighted by atomic mass is 17.1. The van der Waals surface area contributed by atoms with Gasteiger partial charge in [-0.05, 0) is 140 Å². The minimum Gasteiger partial charge on any atom is -0.393 e. The van der Waals surface area contributed by atoms with E-state index >= 15 is 0 Å². The summed E-state index contributed by atoms with van der Waals surface area (Å²) in [7, 11) is 0. The molecule has 4 fully saturated rings. The number of carbonyl (C=O) groups is 1. The fourth-order valence-corrected chi connectivity index (χ4v) is 11.2. The van der Waals surface area contributed by atoms with Crippen molar-refractivity contribution in [1.29, 1.82) is 0 Å². The molecule has 3 unspecified atom stereocenters. The third kappa shape index (κ3) is 7.05. The highest BCUT2D eigenvalue weighted by molar-refractivity contribution is 5.93. The molecule has 1 heterocycles. The predicted octanol–water partition coefficient (Wildman–Crippen LogP) is 6.09. The Bertz CT molecular complexity index is 1470. The second kappa shape index (κ2) is 14.8. The first-order valence-electron chi connectivity index (χ1n) is 18.5. The normalized spacial score (nSPS) is 35.2. The Hall–Kier alpha value is -2.87. The van der Waals surface area contributed by atoms with E-state index in [4.69, 9.17) is 4.63 Å². The number of non-ortho nitro benzene ring substituents is 1. The molecule has 0 saturated heterocycles. The SMILES string of the molecule is CC(CCC(=O)NC(CCCCNc1ccc([N+](=O)[O-])c2nonc12)COO)[C@H]1CC[C@H]2[C@@H]3[C@H](O)CC4C[C@H](O)CC[C@]4(C)[C@H]3CC[C@]12C. The number of carbonyl (C=O) groups excluding carboxylic acids is 1. The smallest absolute Gasteiger partial charge is 0.300 e. The zero-order valence-electron chi connectivity index (χ0n) is 29.2. The van der Waals surface area contributed by atoms with Crippen LogP contribution in [0.3, 0.4) is 0 Å². The van der Waals surface area contributed by atoms with Gasteiger partial charge in [-0.25, -0.2) is 9.52 Å². The van der Waals surface area contributed by atoms with E-state index in [1.807, 2.05) is 0 Å². The Morgan fingerprint density at radius 3 is 2.59 bits per heavy atom. The Balaban J connectivity index is 0.962. The van der Waals surface area contributed by atoms with Crippen molar-refractivity contribution in [2.45, 2.75) is 122 Å². The molecule has 5 N–H and O–H groups in total. The number of nitro groups is 1. The third-order valence-electron chi connectivity index (χ3n) is 13.8. The van der Waals surface area contributed by atoms with Crippen LogP contribution in [0.4, 0.5) is 11.4 Å². The lowest BCUT2D eigenvalue weighted by atomic mass is 9.43. The first-order chi connectivity index (χ1) is 23.5. The lowest BCUT2D eigenvalue weighted by Crippen LogP contribution is -2.58. The maximum Gasteiger partial charge on any atom is 0.300 e. The van der Waals surface area contributed by atoms with E-state index in [1.165, 1.54) is 12.5 Å². The lowest BCUT2D eigenvalue weighted by molar-refractivity contribution is -0.383. The number of hydrogen-bond acceptors (Lipinski definition) is 11. The number of amides is 1. The van der Waals surface area contributed by atoms with E-state index < -0.39 is 4.92 Å². The molecule has 4 saturated carbocycles. The van der Waals surface area contributed by atoms with Crippen molar-refractivity contribution in [3.63, 3.8) is 0 Å². The number of hydrogen-bond donors (Lipinski definition) is 5. The van der Waals surface area contributed by atoms with E-state index in [9.17, 15) is 30.4 Å². The van der Waals surface area contributed by atoms with Gasteiger partial charge in [0.05, 0.1) is 28.9 Å². The third-order valence-corrected chi connectivity index (χ3v) is 13.8. The van der Waals surface area contributed by atoms with Crippen molar-refractivity contribution in [2.75, 3.05) is 18.5 Å². The average Bonchev–Trinajstić information content (AvgIpc) is 3.69. The van der Waals surface area contributed by atoms with Gasteiger partial charge in [0.15, 0.2) is 5.52 Å². The number of nitrogens with zero attached hydrogens (tertiary/aromatic N) is 3. The summed E-state index contributed by atoms with van der Waals surface area (Å²) >= 11 is 0. The van der Waals surface area contributed by atoms with Crippen molar-refractivity contribution in [2.24, 2.45) is 46.3 Å². The molecule has 6 rings (SSSR count). The van der Waals surface area contributed by atoms with Crippen molar-refractivity contribution in [3.05, 3.63) is 22.2 Å². The van der Waals surface area contributed by atoms with E-state index in [2.05, 4.69) is 46.6 Å². The van der Waals surface area contributed by atoms with Gasteiger partial charge >= 0.3 is 5.69 Å². The van der Waals surface area contributed by atoms with Gasteiger partial charge in [0.1, 0.15) is 6.61 Å². The summed E-state index contributed by atoms with van der Waals surface area (Å²) in [5.74, 6) is 2.64. The van der Waals surface area contributed by atoms with E-state index in [1.54, 1.807) is 6.07 Å². The fourth-order valence-electron chi connectivity index (χ4n) is 11.2. The molecule has 11 atom stereocenters. The summed E-state index contributed by atoms with van der Waals surface area (Å²) in [6, 6.07) is 2.64. The molecule has 13 nitrogen and oxygen atoms in total. The molecule has 0 radical (unpaired) electrons. The predicted molar refractivity (Wildman–Crippen MR) is 182 cm³/mol. The number of nitro benzene ring substituents is 1. The fraction of sp³-hybridized carbons (Fsp3) is 0.806. The molecule has 1 amide bonds. The number of rotatable bonds is 14. The molecule has 0 spiro atoms. The molecule has 1 aromatic carbocycles. The molecule has 0 aliphatic heterocycles. The van der Waals surface area contributed by atoms with Crippen LogP contribution in [0.25, 0.3) is 11.0 Å². The second-order valence-electron chi connectivity index (χ2n) is 16.3. The Labute approximate surface area is 288 Å². The topological polar surface area (TPSA) is 193 Å². The molecular formula is C36H55N5O8. The minimum atomic E-state index is -0.522. The maximum absolute atomic E-state index is 13.1. The van der Waals surface area contributed by atoms with Gasteiger partial charge in [0.2, 0.25) is 11.4 Å². The monoisotopic (exact) mass is 685 g/mol. The maximum atomic E-state index is 13.1. The summed E-state index contributed by atoms with van der Waals surface area (Å²) in [6.07, 6.45) is 11.0. The van der Waals surface area contributed by atoms with Gasteiger partial charge in [-0.1, -0.05) is 20.8 Å². The van der Waals surface area contributed by atoms with Crippen molar-refractivity contribution in [1.82, 2.24) is 15.6 Å². The van der Waals surface area contributed by atoms with Gasteiger partial charge in [-0.3, -0.25) is 20.2 Å². The van der Waals surface area contributed by atoms with Crippen LogP contribution in [0.1, 0.15) is 104 Å². The Morgan fingerprint density at radius 1 is 1.06 bits per heavy atom. The molecule has 4 aliphatic rings. The summed E-state index contributed by atoms with van der Waals surface area (Å²) in [4.78, 5) is 28.2. The molecule has 13 heteroatoms. The molecule has 0 bridgehead atoms. The number of fused-ring (bicyclic) bond motifs is 6. The van der Waals surface area contributed by atoms with Crippen molar-refractivity contribution >= 4 is 28.3 Å². The molecule has 1 aromatic heterocycles. The van der Waals surface area contributed by atoms with Crippen LogP contribution in [0.2, 0.25) is 0 Å². The van der Waals surface area contributed by atoms with Crippen LogP contribution < -0.4 is 10.6 Å². The van der Waals surface area contributed by atoms with Crippen molar-refractivity contribution in [3.8, 4) is 0 Å². The van der Waals surface area contributed by atoms with Gasteiger partial charge in [-0.2, -0.15) is 0 Å². The number of anilines is 1. The molecule has 49 heavy (non-hydrogen) atoms. The second-order valence-corrected chi connectivity index (χ2v) is 16.3. The van der Waals surface area contributed by atoms with Gasteiger partial charge in [0.25, 0.3) is 0 Å². The van der Waals surface area contributed by atoms with Crippen LogP contribution in [0.5, 0.6) is 0 Å². The lowest BCUT2D eigenvalue weighted by Gasteiger charge is -2.62. The quantitative estimate of drug-likeness (QED) is 0.0668. The number of aliphatic hydroxyl groups is 2. The Morgan fingerprint density at radius 2 is 1.82 bits per heavy atom.